The van der Waals surface area contributed by atoms with Crippen LogP contribution in [0.25, 0.3) is 0 Å². The van der Waals surface area contributed by atoms with Crippen molar-refractivity contribution in [1.82, 2.24) is 0 Å². The Kier molecular flexibility index (Phi) is 4.17. The van der Waals surface area contributed by atoms with Crippen LogP contribution in [0.15, 0.2) is 30.4 Å². The van der Waals surface area contributed by atoms with Gasteiger partial charge in [0.05, 0.1) is 10.6 Å². The molecular formula is C11H9ClF3NO. The smallest absolute Gasteiger partial charge is 0.323 e. The topological polar surface area (TPSA) is 29.1 Å². The van der Waals surface area contributed by atoms with E-state index in [4.69, 9.17) is 11.6 Å². The molecule has 6 heteroatoms. The van der Waals surface area contributed by atoms with E-state index in [0.29, 0.717) is 0 Å². The Morgan fingerprint density at radius 2 is 2.06 bits per heavy atom. The first-order valence-electron chi connectivity index (χ1n) is 4.65. The molecule has 1 N–H and O–H groups in total. The summed E-state index contributed by atoms with van der Waals surface area (Å²) in [6, 6.07) is 3.19. The van der Waals surface area contributed by atoms with Crippen molar-refractivity contribution >= 4 is 23.2 Å². The second-order valence-corrected chi connectivity index (χ2v) is 3.59. The van der Waals surface area contributed by atoms with Gasteiger partial charge in [-0.1, -0.05) is 17.7 Å². The van der Waals surface area contributed by atoms with Crippen molar-refractivity contribution in [2.24, 2.45) is 0 Å². The molecule has 1 aromatic rings. The quantitative estimate of drug-likeness (QED) is 0.806. The molecule has 0 unspecified atom stereocenters. The third-order valence-corrected chi connectivity index (χ3v) is 2.19. The summed E-state index contributed by atoms with van der Waals surface area (Å²) in [5.41, 5.74) is -0.928. The van der Waals surface area contributed by atoms with Crippen LogP contribution in [0.1, 0.15) is 12.5 Å². The average Bonchev–Trinajstić information content (AvgIpc) is 2.19. The van der Waals surface area contributed by atoms with Gasteiger partial charge in [-0.05, 0) is 31.2 Å². The number of carbonyl (C=O) groups excluding carboxylic acids is 1. The highest BCUT2D eigenvalue weighted by molar-refractivity contribution is 6.31. The third-order valence-electron chi connectivity index (χ3n) is 1.86. The van der Waals surface area contributed by atoms with Crippen LogP contribution < -0.4 is 5.32 Å². The number of hydrogen-bond donors (Lipinski definition) is 1. The molecule has 1 aromatic carbocycles. The van der Waals surface area contributed by atoms with Crippen LogP contribution >= 0.6 is 11.6 Å². The van der Waals surface area contributed by atoms with E-state index < -0.39 is 22.7 Å². The van der Waals surface area contributed by atoms with Gasteiger partial charge in [-0.25, -0.2) is 0 Å². The van der Waals surface area contributed by atoms with Gasteiger partial charge in [0.1, 0.15) is 0 Å². The lowest BCUT2D eigenvalue weighted by Gasteiger charge is -2.11. The molecule has 0 fully saturated rings. The van der Waals surface area contributed by atoms with E-state index in [-0.39, 0.29) is 5.69 Å². The number of benzene rings is 1. The van der Waals surface area contributed by atoms with E-state index in [9.17, 15) is 18.0 Å². The summed E-state index contributed by atoms with van der Waals surface area (Å²) in [6.07, 6.45) is -1.85. The number of carbonyl (C=O) groups is 1. The van der Waals surface area contributed by atoms with Gasteiger partial charge < -0.3 is 5.32 Å². The van der Waals surface area contributed by atoms with Crippen LogP contribution in [0.2, 0.25) is 5.02 Å². The zero-order valence-corrected chi connectivity index (χ0v) is 9.56. The highest BCUT2D eigenvalue weighted by Crippen LogP contribution is 2.36. The summed E-state index contributed by atoms with van der Waals surface area (Å²) in [4.78, 5) is 11.1. The fourth-order valence-corrected chi connectivity index (χ4v) is 1.38. The SMILES string of the molecule is C/C=C/C(=O)Nc1ccc(Cl)c(C(F)(F)F)c1. The molecule has 2 nitrogen and oxygen atoms in total. The highest BCUT2D eigenvalue weighted by atomic mass is 35.5. The molecule has 0 heterocycles. The number of anilines is 1. The molecule has 0 atom stereocenters. The first-order valence-corrected chi connectivity index (χ1v) is 5.03. The van der Waals surface area contributed by atoms with E-state index in [1.54, 1.807) is 6.92 Å². The molecule has 0 spiro atoms. The second-order valence-electron chi connectivity index (χ2n) is 3.18. The fraction of sp³-hybridized carbons (Fsp3) is 0.182. The van der Waals surface area contributed by atoms with Crippen LogP contribution in [0.5, 0.6) is 0 Å². The number of allylic oxidation sites excluding steroid dienone is 1. The Hall–Kier alpha value is -1.49. The number of halogens is 4. The number of rotatable bonds is 2. The van der Waals surface area contributed by atoms with Crippen molar-refractivity contribution in [2.75, 3.05) is 5.32 Å². The Balaban J connectivity index is 3.01. The van der Waals surface area contributed by atoms with E-state index in [0.717, 1.165) is 12.1 Å². The molecule has 0 aliphatic rings. The molecule has 92 valence electrons. The van der Waals surface area contributed by atoms with Crippen LogP contribution in [0.3, 0.4) is 0 Å². The molecule has 17 heavy (non-hydrogen) atoms. The average molecular weight is 264 g/mol. The highest BCUT2D eigenvalue weighted by Gasteiger charge is 2.33. The lowest BCUT2D eigenvalue weighted by molar-refractivity contribution is -0.137. The molecule has 0 aliphatic carbocycles. The maximum atomic E-state index is 12.5. The van der Waals surface area contributed by atoms with Crippen LogP contribution in [0, 0.1) is 0 Å². The lowest BCUT2D eigenvalue weighted by Crippen LogP contribution is -2.10. The minimum absolute atomic E-state index is 0.0461. The molecule has 0 radical (unpaired) electrons. The van der Waals surface area contributed by atoms with Gasteiger partial charge in [0.15, 0.2) is 0 Å². The van der Waals surface area contributed by atoms with Crippen molar-refractivity contribution < 1.29 is 18.0 Å². The van der Waals surface area contributed by atoms with Gasteiger partial charge in [0.25, 0.3) is 0 Å². The molecule has 0 aromatic heterocycles. The summed E-state index contributed by atoms with van der Waals surface area (Å²) >= 11 is 5.43. The Bertz CT molecular complexity index is 455. The minimum atomic E-state index is -4.54. The predicted molar refractivity (Wildman–Crippen MR) is 59.9 cm³/mol. The van der Waals surface area contributed by atoms with E-state index in [2.05, 4.69) is 5.32 Å². The first-order chi connectivity index (χ1) is 7.84. The van der Waals surface area contributed by atoms with Gasteiger partial charge in [0.2, 0.25) is 5.91 Å². The van der Waals surface area contributed by atoms with Gasteiger partial charge in [-0.15, -0.1) is 0 Å². The van der Waals surface area contributed by atoms with Gasteiger partial charge in [-0.3, -0.25) is 4.79 Å². The zero-order chi connectivity index (χ0) is 13.1. The van der Waals surface area contributed by atoms with Crippen molar-refractivity contribution in [3.8, 4) is 0 Å². The largest absolute Gasteiger partial charge is 0.417 e. The summed E-state index contributed by atoms with van der Waals surface area (Å²) in [7, 11) is 0. The second kappa shape index (κ2) is 5.23. The van der Waals surface area contributed by atoms with Gasteiger partial charge >= 0.3 is 6.18 Å². The van der Waals surface area contributed by atoms with Crippen LogP contribution in [-0.4, -0.2) is 5.91 Å². The van der Waals surface area contributed by atoms with E-state index in [1.807, 2.05) is 0 Å². The number of amides is 1. The normalized spacial score (nSPS) is 11.8. The number of alkyl halides is 3. The Morgan fingerprint density at radius 1 is 1.41 bits per heavy atom. The standard InChI is InChI=1S/C11H9ClF3NO/c1-2-3-10(17)16-7-4-5-9(12)8(6-7)11(13,14)15/h2-6H,1H3,(H,16,17)/b3-2+. The van der Waals surface area contributed by atoms with Crippen LogP contribution in [-0.2, 0) is 11.0 Å². The van der Waals surface area contributed by atoms with Gasteiger partial charge in [0, 0.05) is 5.69 Å². The molecule has 0 saturated carbocycles. The van der Waals surface area contributed by atoms with E-state index in [1.165, 1.54) is 18.2 Å². The monoisotopic (exact) mass is 263 g/mol. The Morgan fingerprint density at radius 3 is 2.59 bits per heavy atom. The predicted octanol–water partition coefficient (Wildman–Crippen LogP) is 3.87. The van der Waals surface area contributed by atoms with Crippen molar-refractivity contribution in [1.29, 1.82) is 0 Å². The van der Waals surface area contributed by atoms with E-state index >= 15 is 0 Å². The zero-order valence-electron chi connectivity index (χ0n) is 8.81. The van der Waals surface area contributed by atoms with Crippen molar-refractivity contribution in [2.45, 2.75) is 13.1 Å². The number of nitrogens with one attached hydrogen (secondary N) is 1. The maximum Gasteiger partial charge on any atom is 0.417 e. The summed E-state index contributed by atoms with van der Waals surface area (Å²) in [5.74, 6) is -0.497. The molecular weight excluding hydrogens is 255 g/mol. The molecule has 0 bridgehead atoms. The lowest BCUT2D eigenvalue weighted by atomic mass is 10.2. The first kappa shape index (κ1) is 13.6. The molecule has 0 aliphatic heterocycles. The summed E-state index contributed by atoms with van der Waals surface area (Å²) in [5, 5.41) is 1.90. The summed E-state index contributed by atoms with van der Waals surface area (Å²) < 4.78 is 37.5. The molecule has 1 amide bonds. The third kappa shape index (κ3) is 3.78. The van der Waals surface area contributed by atoms with Gasteiger partial charge in [-0.2, -0.15) is 13.2 Å². The minimum Gasteiger partial charge on any atom is -0.323 e. The van der Waals surface area contributed by atoms with Crippen LogP contribution in [0.4, 0.5) is 18.9 Å². The molecule has 1 rings (SSSR count). The summed E-state index contributed by atoms with van der Waals surface area (Å²) in [6.45, 7) is 1.63. The molecule has 0 saturated heterocycles. The maximum absolute atomic E-state index is 12.5. The fourth-order valence-electron chi connectivity index (χ4n) is 1.16. The van der Waals surface area contributed by atoms with Crippen molar-refractivity contribution in [3.63, 3.8) is 0 Å². The van der Waals surface area contributed by atoms with Crippen molar-refractivity contribution in [3.05, 3.63) is 40.9 Å². The number of hydrogen-bond acceptors (Lipinski definition) is 1. The Labute approximate surface area is 101 Å².